The van der Waals surface area contributed by atoms with Gasteiger partial charge >= 0.3 is 0 Å². The Labute approximate surface area is 330 Å². The molecule has 13 heteroatoms. The van der Waals surface area contributed by atoms with Crippen LogP contribution in [0.25, 0.3) is 0 Å². The molecule has 3 fully saturated rings. The number of carbonyl (C=O) groups excluding carboxylic acids is 4. The lowest BCUT2D eigenvalue weighted by molar-refractivity contribution is -0.149. The van der Waals surface area contributed by atoms with Crippen molar-refractivity contribution in [2.75, 3.05) is 33.6 Å². The van der Waals surface area contributed by atoms with Crippen LogP contribution in [-0.2, 0) is 45.1 Å². The molecule has 0 spiro atoms. The topological polar surface area (TPSA) is 165 Å². The average Bonchev–Trinajstić information content (AvgIpc) is 3.91. The molecule has 1 aliphatic carbocycles. The Kier molecular flexibility index (Phi) is 16.5. The van der Waals surface area contributed by atoms with E-state index in [-0.39, 0.29) is 72.3 Å². The molecular formula is C42H68N4O8S. The molecule has 2 bridgehead atoms. The van der Waals surface area contributed by atoms with Crippen LogP contribution in [-0.4, -0.2) is 112 Å². The fourth-order valence-corrected chi connectivity index (χ4v) is 10.6. The monoisotopic (exact) mass is 788 g/mol. The van der Waals surface area contributed by atoms with E-state index in [4.69, 9.17) is 14.6 Å². The third-order valence-electron chi connectivity index (χ3n) is 12.9. The summed E-state index contributed by atoms with van der Waals surface area (Å²) in [6, 6.07) is 8.88. The third-order valence-corrected chi connectivity index (χ3v) is 13.9. The van der Waals surface area contributed by atoms with E-state index < -0.39 is 46.0 Å². The van der Waals surface area contributed by atoms with Crippen LogP contribution in [0.4, 0.5) is 0 Å². The highest BCUT2D eigenvalue weighted by Gasteiger charge is 2.46. The van der Waals surface area contributed by atoms with E-state index in [0.717, 1.165) is 37.7 Å². The maximum absolute atomic E-state index is 14.3. The number of primary sulfonamides is 1. The molecule has 2 saturated heterocycles. The molecule has 0 aromatic heterocycles. The van der Waals surface area contributed by atoms with E-state index in [9.17, 15) is 27.6 Å². The molecule has 1 aromatic rings. The molecule has 4 rings (SSSR count). The first-order chi connectivity index (χ1) is 26.0. The van der Waals surface area contributed by atoms with Gasteiger partial charge in [-0.25, -0.2) is 13.6 Å². The van der Waals surface area contributed by atoms with Crippen molar-refractivity contribution in [1.29, 1.82) is 0 Å². The van der Waals surface area contributed by atoms with Crippen molar-refractivity contribution in [3.05, 3.63) is 35.9 Å². The number of likely N-dealkylation sites (N-methyl/N-ethyl adjacent to an activating group) is 1. The molecule has 1 saturated carbocycles. The summed E-state index contributed by atoms with van der Waals surface area (Å²) in [5.41, 5.74) is 0.921. The van der Waals surface area contributed by atoms with E-state index in [0.29, 0.717) is 31.3 Å². The van der Waals surface area contributed by atoms with Gasteiger partial charge in [0.1, 0.15) is 5.78 Å². The molecule has 2 heterocycles. The van der Waals surface area contributed by atoms with Crippen molar-refractivity contribution >= 4 is 33.4 Å². The molecule has 0 radical (unpaired) electrons. The normalized spacial score (nSPS) is 24.9. The number of nitrogens with two attached hydrogens (primary N) is 1. The second kappa shape index (κ2) is 20.1. The Morgan fingerprint density at radius 3 is 2.22 bits per heavy atom. The number of nitrogens with one attached hydrogen (secondary N) is 1. The summed E-state index contributed by atoms with van der Waals surface area (Å²) >= 11 is 0. The molecule has 2 amide bonds. The number of ether oxygens (including phenoxy) is 2. The maximum Gasteiger partial charge on any atom is 0.226 e. The summed E-state index contributed by atoms with van der Waals surface area (Å²) in [4.78, 5) is 59.4. The molecule has 310 valence electrons. The summed E-state index contributed by atoms with van der Waals surface area (Å²) in [6.45, 7) is 10.4. The zero-order chi connectivity index (χ0) is 40.6. The van der Waals surface area contributed by atoms with Gasteiger partial charge in [-0.05, 0) is 67.8 Å². The van der Waals surface area contributed by atoms with Gasteiger partial charge in [0.15, 0.2) is 5.78 Å². The average molecular weight is 789 g/mol. The van der Waals surface area contributed by atoms with Crippen molar-refractivity contribution < 1.29 is 37.1 Å². The number of rotatable bonds is 22. The largest absolute Gasteiger partial charge is 0.379 e. The highest BCUT2D eigenvalue weighted by atomic mass is 32.2. The minimum atomic E-state index is -3.83. The molecular weight excluding hydrogens is 721 g/mol. The second-order valence-corrected chi connectivity index (χ2v) is 18.7. The maximum atomic E-state index is 14.3. The molecule has 55 heavy (non-hydrogen) atoms. The number of likely N-dealkylation sites (tertiary alicyclic amines) is 1. The van der Waals surface area contributed by atoms with Gasteiger partial charge in [-0.3, -0.25) is 19.2 Å². The van der Waals surface area contributed by atoms with Crippen molar-refractivity contribution in [2.45, 2.75) is 135 Å². The Bertz CT molecular complexity index is 1560. The van der Waals surface area contributed by atoms with E-state index in [1.165, 1.54) is 0 Å². The molecule has 12 nitrogen and oxygen atoms in total. The van der Waals surface area contributed by atoms with Crippen molar-refractivity contribution in [2.24, 2.45) is 40.6 Å². The van der Waals surface area contributed by atoms with Gasteiger partial charge in [-0.15, -0.1) is 0 Å². The Morgan fingerprint density at radius 1 is 0.982 bits per heavy atom. The highest BCUT2D eigenvalue weighted by Crippen LogP contribution is 2.37. The van der Waals surface area contributed by atoms with Crippen LogP contribution in [0.2, 0.25) is 0 Å². The fourth-order valence-electron chi connectivity index (χ4n) is 9.71. The summed E-state index contributed by atoms with van der Waals surface area (Å²) < 4.78 is 36.3. The molecule has 2 aliphatic heterocycles. The van der Waals surface area contributed by atoms with Crippen molar-refractivity contribution in [1.82, 2.24) is 15.1 Å². The fraction of sp³-hybridized carbons (Fsp3) is 0.762. The van der Waals surface area contributed by atoms with Crippen LogP contribution < -0.4 is 10.5 Å². The van der Waals surface area contributed by atoms with Crippen LogP contribution in [0, 0.1) is 35.5 Å². The molecule has 11 atom stereocenters. The Hall–Kier alpha value is -2.71. The SMILES string of the molecule is CC[C@H](C)[C@@H]([C@@H](CC(=O)N1CCC[C@H]1[C@H](OC)[C@@H](C)C(=O)C[C@@H](Cc1ccccc1)CS(N)(=O)=O)OC)N(C)C(=O)[C@@H](CC(=O)[C@H]1NC2CC[C@H]1C2)C(C)C. The zero-order valence-corrected chi connectivity index (χ0v) is 35.3. The Morgan fingerprint density at radius 2 is 1.67 bits per heavy atom. The van der Waals surface area contributed by atoms with Gasteiger partial charge < -0.3 is 24.6 Å². The lowest BCUT2D eigenvalue weighted by Gasteiger charge is -2.41. The van der Waals surface area contributed by atoms with Crippen LogP contribution in [0.15, 0.2) is 30.3 Å². The number of carbonyl (C=O) groups is 4. The smallest absolute Gasteiger partial charge is 0.226 e. The zero-order valence-electron chi connectivity index (χ0n) is 34.4. The van der Waals surface area contributed by atoms with Crippen LogP contribution >= 0.6 is 0 Å². The highest BCUT2D eigenvalue weighted by molar-refractivity contribution is 7.89. The van der Waals surface area contributed by atoms with Gasteiger partial charge in [0.25, 0.3) is 0 Å². The molecule has 3 aliphatic rings. The lowest BCUT2D eigenvalue weighted by Crippen LogP contribution is -2.54. The standard InChI is InChI=1S/C42H68N4O8S/c1-9-27(4)40(45(6)42(50)33(26(2)3)23-36(48)39-31-17-18-32(22-31)44-39)37(53-7)24-38(49)46-19-13-16-34(46)41(54-8)28(5)35(47)21-30(25-55(43,51)52)20-29-14-11-10-12-15-29/h10-12,14-15,26-28,30-34,37,39-41,44H,9,13,16-25H2,1-8H3,(H2,43,51,52)/t27-,28-,30+,31-,32?,33-,34-,37+,39-,40-,41+/m0/s1. The minimum absolute atomic E-state index is 0.00218. The first-order valence-corrected chi connectivity index (χ1v) is 22.2. The number of nitrogens with zero attached hydrogens (tertiary/aromatic N) is 2. The van der Waals surface area contributed by atoms with E-state index in [2.05, 4.69) is 19.2 Å². The number of fused-ring (bicyclic) bond motifs is 2. The number of Topliss-reactive ketones (excluding diaryl/α,β-unsaturated/α-hetero) is 2. The number of amides is 2. The number of ketones is 2. The number of hydrogen-bond donors (Lipinski definition) is 2. The quantitative estimate of drug-likeness (QED) is 0.174. The predicted molar refractivity (Wildman–Crippen MR) is 213 cm³/mol. The van der Waals surface area contributed by atoms with Crippen molar-refractivity contribution in [3.63, 3.8) is 0 Å². The van der Waals surface area contributed by atoms with Crippen LogP contribution in [0.3, 0.4) is 0 Å². The number of methoxy groups -OCH3 is 2. The summed E-state index contributed by atoms with van der Waals surface area (Å²) in [5.74, 6) is -1.88. The number of piperidine rings is 1. The van der Waals surface area contributed by atoms with Crippen LogP contribution in [0.1, 0.15) is 98.0 Å². The lowest BCUT2D eigenvalue weighted by atomic mass is 9.83. The first kappa shape index (κ1) is 45.0. The van der Waals surface area contributed by atoms with Gasteiger partial charge in [-0.2, -0.15) is 0 Å². The van der Waals surface area contributed by atoms with Gasteiger partial charge in [0, 0.05) is 58.5 Å². The first-order valence-electron chi connectivity index (χ1n) is 20.5. The number of hydrogen-bond acceptors (Lipinski definition) is 9. The van der Waals surface area contributed by atoms with E-state index in [1.807, 2.05) is 44.2 Å². The minimum Gasteiger partial charge on any atom is -0.379 e. The van der Waals surface area contributed by atoms with E-state index in [1.54, 1.807) is 38.0 Å². The van der Waals surface area contributed by atoms with Gasteiger partial charge in [0.05, 0.1) is 42.5 Å². The van der Waals surface area contributed by atoms with Gasteiger partial charge in [0.2, 0.25) is 21.8 Å². The second-order valence-electron chi connectivity index (χ2n) is 17.1. The number of benzene rings is 1. The third kappa shape index (κ3) is 11.7. The van der Waals surface area contributed by atoms with Crippen LogP contribution in [0.5, 0.6) is 0 Å². The molecule has 1 unspecified atom stereocenters. The summed E-state index contributed by atoms with van der Waals surface area (Å²) in [6.07, 6.45) is 4.76. The molecule has 3 N–H and O–H groups in total. The summed E-state index contributed by atoms with van der Waals surface area (Å²) in [5, 5.41) is 8.93. The van der Waals surface area contributed by atoms with E-state index >= 15 is 0 Å². The molecule has 1 aromatic carbocycles. The van der Waals surface area contributed by atoms with Gasteiger partial charge in [-0.1, -0.05) is 71.4 Å². The van der Waals surface area contributed by atoms with Crippen molar-refractivity contribution in [3.8, 4) is 0 Å². The predicted octanol–water partition coefficient (Wildman–Crippen LogP) is 4.39. The number of sulfonamides is 1. The Balaban J connectivity index is 1.46. The summed E-state index contributed by atoms with van der Waals surface area (Å²) in [7, 11) is 1.07.